The van der Waals surface area contributed by atoms with Crippen molar-refractivity contribution in [3.63, 3.8) is 0 Å². The Morgan fingerprint density at radius 3 is 2.77 bits per heavy atom. The van der Waals surface area contributed by atoms with Crippen molar-refractivity contribution in [3.05, 3.63) is 47.9 Å². The van der Waals surface area contributed by atoms with Crippen LogP contribution in [0.5, 0.6) is 0 Å². The van der Waals surface area contributed by atoms with Gasteiger partial charge in [-0.15, -0.1) is 0 Å². The molecule has 0 unspecified atom stereocenters. The molecule has 1 aromatic carbocycles. The minimum Gasteiger partial charge on any atom is -0.467 e. The van der Waals surface area contributed by atoms with E-state index < -0.39 is 17.6 Å². The van der Waals surface area contributed by atoms with Crippen molar-refractivity contribution in [1.82, 2.24) is 14.5 Å². The highest BCUT2D eigenvalue weighted by atomic mass is 19.4. The van der Waals surface area contributed by atoms with E-state index in [1.165, 1.54) is 17.2 Å². The second kappa shape index (κ2) is 7.85. The van der Waals surface area contributed by atoms with Crippen LogP contribution in [-0.2, 0) is 22.3 Å². The van der Waals surface area contributed by atoms with E-state index >= 15 is 0 Å². The van der Waals surface area contributed by atoms with E-state index in [0.29, 0.717) is 24.2 Å². The van der Waals surface area contributed by atoms with E-state index in [-0.39, 0.29) is 30.5 Å². The molecule has 0 bridgehead atoms. The number of hydrogen-bond donors (Lipinski definition) is 1. The Morgan fingerprint density at radius 1 is 1.23 bits per heavy atom. The number of alkyl halides is 3. The minimum atomic E-state index is -4.50. The van der Waals surface area contributed by atoms with E-state index in [0.717, 1.165) is 25.0 Å². The molecule has 2 amide bonds. The number of anilines is 1. The molecule has 0 saturated carbocycles. The Kier molecular flexibility index (Phi) is 5.23. The molecule has 3 heterocycles. The summed E-state index contributed by atoms with van der Waals surface area (Å²) < 4.78 is 46.1. The third kappa shape index (κ3) is 4.17. The Hall–Kier alpha value is -3.30. The van der Waals surface area contributed by atoms with Gasteiger partial charge >= 0.3 is 6.18 Å². The van der Waals surface area contributed by atoms with Gasteiger partial charge in [0.1, 0.15) is 5.76 Å². The number of piperidine rings is 1. The average Bonchev–Trinajstić information content (AvgIpc) is 3.31. The van der Waals surface area contributed by atoms with Crippen molar-refractivity contribution >= 4 is 28.8 Å². The number of likely N-dealkylation sites (tertiary alicyclic amines) is 1. The summed E-state index contributed by atoms with van der Waals surface area (Å²) in [6, 6.07) is 6.64. The summed E-state index contributed by atoms with van der Waals surface area (Å²) in [7, 11) is 0. The smallest absolute Gasteiger partial charge is 0.416 e. The second-order valence-corrected chi connectivity index (χ2v) is 7.12. The lowest BCUT2D eigenvalue weighted by molar-refractivity contribution is -0.137. The third-order valence-corrected chi connectivity index (χ3v) is 4.98. The van der Waals surface area contributed by atoms with Crippen LogP contribution in [-0.4, -0.2) is 39.4 Å². The van der Waals surface area contributed by atoms with Crippen LogP contribution >= 0.6 is 0 Å². The molecule has 10 heteroatoms. The van der Waals surface area contributed by atoms with Gasteiger partial charge in [-0.25, -0.2) is 4.98 Å². The molecule has 1 aliphatic heterocycles. The number of nitrogens with zero attached hydrogens (tertiary/aromatic N) is 3. The number of imidazole rings is 1. The maximum atomic E-state index is 13.1. The number of furan rings is 1. The molecule has 0 aliphatic carbocycles. The van der Waals surface area contributed by atoms with Gasteiger partial charge in [-0.2, -0.15) is 13.2 Å². The lowest BCUT2D eigenvalue weighted by Gasteiger charge is -2.25. The first-order valence-corrected chi connectivity index (χ1v) is 9.49. The summed E-state index contributed by atoms with van der Waals surface area (Å²) in [4.78, 5) is 30.1. The maximum Gasteiger partial charge on any atom is 0.416 e. The second-order valence-electron chi connectivity index (χ2n) is 7.12. The monoisotopic (exact) mass is 420 g/mol. The zero-order valence-electron chi connectivity index (χ0n) is 15.9. The largest absolute Gasteiger partial charge is 0.467 e. The van der Waals surface area contributed by atoms with Crippen LogP contribution in [0.3, 0.4) is 0 Å². The topological polar surface area (TPSA) is 80.4 Å². The predicted molar refractivity (Wildman–Crippen MR) is 102 cm³/mol. The highest BCUT2D eigenvalue weighted by molar-refractivity contribution is 5.95. The maximum absolute atomic E-state index is 13.1. The van der Waals surface area contributed by atoms with Crippen molar-refractivity contribution in [2.75, 3.05) is 18.4 Å². The number of benzene rings is 1. The molecular formula is C20H19F3N4O3. The standard InChI is InChI=1S/C20H19F3N4O3/c21-20(22,23)13-6-7-16-15(10-13)24-19(27(16)11-14-4-3-9-30-14)25-17(28)12-26-8-2-1-5-18(26)29/h3-4,6-7,9-10H,1-2,5,8,11-12H2,(H,24,25,28). The van der Waals surface area contributed by atoms with Gasteiger partial charge in [0.25, 0.3) is 0 Å². The van der Waals surface area contributed by atoms with E-state index in [9.17, 15) is 22.8 Å². The molecule has 4 rings (SSSR count). The molecule has 7 nitrogen and oxygen atoms in total. The number of nitrogens with one attached hydrogen (secondary N) is 1. The number of aromatic nitrogens is 2. The predicted octanol–water partition coefficient (Wildman–Crippen LogP) is 3.65. The molecule has 0 atom stereocenters. The summed E-state index contributed by atoms with van der Waals surface area (Å²) in [5.74, 6) is 0.0960. The van der Waals surface area contributed by atoms with Crippen LogP contribution < -0.4 is 5.32 Å². The molecule has 158 valence electrons. The van der Waals surface area contributed by atoms with Crippen LogP contribution in [0, 0.1) is 0 Å². The summed E-state index contributed by atoms with van der Waals surface area (Å²) in [5.41, 5.74) is -0.307. The first-order valence-electron chi connectivity index (χ1n) is 9.49. The molecular weight excluding hydrogens is 401 g/mol. The van der Waals surface area contributed by atoms with E-state index in [2.05, 4.69) is 10.3 Å². The van der Waals surface area contributed by atoms with Gasteiger partial charge in [-0.3, -0.25) is 14.9 Å². The highest BCUT2D eigenvalue weighted by Crippen LogP contribution is 2.32. The summed E-state index contributed by atoms with van der Waals surface area (Å²) in [5, 5.41) is 2.63. The van der Waals surface area contributed by atoms with Gasteiger partial charge in [0.15, 0.2) is 0 Å². The summed E-state index contributed by atoms with van der Waals surface area (Å²) >= 11 is 0. The van der Waals surface area contributed by atoms with Gasteiger partial charge in [-0.05, 0) is 43.2 Å². The number of hydrogen-bond acceptors (Lipinski definition) is 4. The fraction of sp³-hybridized carbons (Fsp3) is 0.350. The normalized spacial score (nSPS) is 15.0. The van der Waals surface area contributed by atoms with Crippen molar-refractivity contribution in [3.8, 4) is 0 Å². The van der Waals surface area contributed by atoms with Crippen molar-refractivity contribution in [2.24, 2.45) is 0 Å². The van der Waals surface area contributed by atoms with Crippen molar-refractivity contribution in [1.29, 1.82) is 0 Å². The number of halogens is 3. The molecule has 0 radical (unpaired) electrons. The summed E-state index contributed by atoms with van der Waals surface area (Å²) in [6.07, 6.45) is -0.981. The molecule has 2 aromatic heterocycles. The van der Waals surface area contributed by atoms with Crippen molar-refractivity contribution in [2.45, 2.75) is 32.0 Å². The molecule has 30 heavy (non-hydrogen) atoms. The quantitative estimate of drug-likeness (QED) is 0.683. The molecule has 1 N–H and O–H groups in total. The lowest BCUT2D eigenvalue weighted by Crippen LogP contribution is -2.41. The van der Waals surface area contributed by atoms with Crippen LogP contribution in [0.4, 0.5) is 19.1 Å². The number of carbonyl (C=O) groups is 2. The van der Waals surface area contributed by atoms with Gasteiger partial charge in [0.05, 0.1) is 35.9 Å². The third-order valence-electron chi connectivity index (χ3n) is 4.98. The molecule has 1 aliphatic rings. The zero-order chi connectivity index (χ0) is 21.3. The van der Waals surface area contributed by atoms with Crippen LogP contribution in [0.2, 0.25) is 0 Å². The van der Waals surface area contributed by atoms with E-state index in [1.54, 1.807) is 16.7 Å². The van der Waals surface area contributed by atoms with E-state index in [1.807, 2.05) is 0 Å². The van der Waals surface area contributed by atoms with Gasteiger partial charge in [0.2, 0.25) is 17.8 Å². The van der Waals surface area contributed by atoms with Gasteiger partial charge in [0, 0.05) is 13.0 Å². The SMILES string of the molecule is O=C(CN1CCCCC1=O)Nc1nc2cc(C(F)(F)F)ccc2n1Cc1ccco1. The number of carbonyl (C=O) groups excluding carboxylic acids is 2. The molecule has 0 spiro atoms. The first-order chi connectivity index (χ1) is 14.3. The van der Waals surface area contributed by atoms with Crippen molar-refractivity contribution < 1.29 is 27.2 Å². The fourth-order valence-corrected chi connectivity index (χ4v) is 3.49. The number of amides is 2. The van der Waals surface area contributed by atoms with Crippen LogP contribution in [0.1, 0.15) is 30.6 Å². The minimum absolute atomic E-state index is 0.0877. The van der Waals surface area contributed by atoms with E-state index in [4.69, 9.17) is 4.42 Å². The number of fused-ring (bicyclic) bond motifs is 1. The van der Waals surface area contributed by atoms with Gasteiger partial charge < -0.3 is 13.9 Å². The van der Waals surface area contributed by atoms with Crippen LogP contribution in [0.25, 0.3) is 11.0 Å². The fourth-order valence-electron chi connectivity index (χ4n) is 3.49. The molecule has 1 saturated heterocycles. The zero-order valence-corrected chi connectivity index (χ0v) is 15.9. The van der Waals surface area contributed by atoms with Gasteiger partial charge in [-0.1, -0.05) is 0 Å². The Balaban J connectivity index is 1.64. The number of rotatable bonds is 5. The first kappa shape index (κ1) is 20.0. The van der Waals surface area contributed by atoms with Crippen LogP contribution in [0.15, 0.2) is 41.0 Å². The Bertz CT molecular complexity index is 1070. The summed E-state index contributed by atoms with van der Waals surface area (Å²) in [6.45, 7) is 0.549. The highest BCUT2D eigenvalue weighted by Gasteiger charge is 2.31. The Morgan fingerprint density at radius 2 is 2.07 bits per heavy atom. The Labute approximate surface area is 169 Å². The average molecular weight is 420 g/mol. The lowest BCUT2D eigenvalue weighted by atomic mass is 10.1. The molecule has 3 aromatic rings. The molecule has 1 fully saturated rings.